The molecular formula is C14H12F4N4O. The zero-order valence-electron chi connectivity index (χ0n) is 11.9. The number of benzene rings is 1. The summed E-state index contributed by atoms with van der Waals surface area (Å²) < 4.78 is 53.1. The second-order valence-electron chi connectivity index (χ2n) is 5.32. The number of halogens is 4. The standard InChI is InChI=1S/C14H12F4N4O/c1-7-6-21(13(23)12-11(19)5-20-22(7)12)8-2-3-9(10(15)4-8)14(16,17)18/h2-5,7H,6,19H2,1H3/t7-/m0/s1. The van der Waals surface area contributed by atoms with E-state index >= 15 is 0 Å². The van der Waals surface area contributed by atoms with Crippen LogP contribution in [0.2, 0.25) is 0 Å². The molecule has 0 bridgehead atoms. The van der Waals surface area contributed by atoms with Crippen molar-refractivity contribution in [2.24, 2.45) is 0 Å². The summed E-state index contributed by atoms with van der Waals surface area (Å²) in [5.74, 6) is -1.96. The number of hydrogen-bond acceptors (Lipinski definition) is 3. The first kappa shape index (κ1) is 15.3. The van der Waals surface area contributed by atoms with E-state index < -0.39 is 23.5 Å². The molecule has 0 spiro atoms. The third-order valence-corrected chi connectivity index (χ3v) is 3.71. The van der Waals surface area contributed by atoms with E-state index in [4.69, 9.17) is 5.73 Å². The number of aromatic nitrogens is 2. The van der Waals surface area contributed by atoms with Crippen LogP contribution in [-0.4, -0.2) is 22.2 Å². The first-order chi connectivity index (χ1) is 10.7. The van der Waals surface area contributed by atoms with Crippen molar-refractivity contribution in [1.82, 2.24) is 9.78 Å². The molecule has 0 radical (unpaired) electrons. The normalized spacial score (nSPS) is 18.2. The molecule has 2 N–H and O–H groups in total. The maximum absolute atomic E-state index is 13.7. The second kappa shape index (κ2) is 4.97. The Kier molecular flexibility index (Phi) is 3.31. The number of carbonyl (C=O) groups is 1. The van der Waals surface area contributed by atoms with Gasteiger partial charge in [-0.2, -0.15) is 18.3 Å². The van der Waals surface area contributed by atoms with Gasteiger partial charge in [0.05, 0.1) is 23.5 Å². The Morgan fingerprint density at radius 3 is 2.65 bits per heavy atom. The van der Waals surface area contributed by atoms with Gasteiger partial charge in [-0.25, -0.2) is 4.39 Å². The van der Waals surface area contributed by atoms with Crippen molar-refractivity contribution < 1.29 is 22.4 Å². The lowest BCUT2D eigenvalue weighted by Gasteiger charge is -2.32. The number of fused-ring (bicyclic) bond motifs is 1. The van der Waals surface area contributed by atoms with E-state index in [1.165, 1.54) is 15.8 Å². The Morgan fingerprint density at radius 1 is 1.35 bits per heavy atom. The van der Waals surface area contributed by atoms with Gasteiger partial charge in [0.2, 0.25) is 0 Å². The summed E-state index contributed by atoms with van der Waals surface area (Å²) >= 11 is 0. The number of rotatable bonds is 1. The zero-order valence-corrected chi connectivity index (χ0v) is 11.9. The van der Waals surface area contributed by atoms with E-state index in [9.17, 15) is 22.4 Å². The van der Waals surface area contributed by atoms with Gasteiger partial charge in [0.1, 0.15) is 11.5 Å². The molecule has 1 aliphatic rings. The van der Waals surface area contributed by atoms with Gasteiger partial charge in [0.15, 0.2) is 0 Å². The largest absolute Gasteiger partial charge is 0.419 e. The third kappa shape index (κ3) is 2.41. The first-order valence-electron chi connectivity index (χ1n) is 6.71. The van der Waals surface area contributed by atoms with Gasteiger partial charge in [-0.05, 0) is 25.1 Å². The smallest absolute Gasteiger partial charge is 0.396 e. The molecule has 0 fully saturated rings. The highest BCUT2D eigenvalue weighted by atomic mass is 19.4. The van der Waals surface area contributed by atoms with Crippen molar-refractivity contribution in [3.8, 4) is 0 Å². The van der Waals surface area contributed by atoms with Crippen LogP contribution in [0, 0.1) is 5.82 Å². The molecule has 1 aliphatic heterocycles. The molecular weight excluding hydrogens is 316 g/mol. The molecule has 1 aromatic heterocycles. The molecule has 0 saturated heterocycles. The summed E-state index contributed by atoms with van der Waals surface area (Å²) in [6, 6.07) is 2.15. The maximum atomic E-state index is 13.7. The fraction of sp³-hybridized carbons (Fsp3) is 0.286. The van der Waals surface area contributed by atoms with E-state index in [1.807, 2.05) is 0 Å². The van der Waals surface area contributed by atoms with Gasteiger partial charge in [-0.1, -0.05) is 0 Å². The van der Waals surface area contributed by atoms with Crippen LogP contribution in [0.5, 0.6) is 0 Å². The summed E-state index contributed by atoms with van der Waals surface area (Å²) in [6.45, 7) is 1.92. The minimum absolute atomic E-state index is 0.0409. The predicted molar refractivity (Wildman–Crippen MR) is 74.4 cm³/mol. The van der Waals surface area contributed by atoms with Gasteiger partial charge < -0.3 is 10.6 Å². The van der Waals surface area contributed by atoms with E-state index in [0.29, 0.717) is 12.1 Å². The minimum atomic E-state index is -4.79. The van der Waals surface area contributed by atoms with Crippen molar-refractivity contribution in [2.75, 3.05) is 17.2 Å². The minimum Gasteiger partial charge on any atom is -0.396 e. The Labute approximate surface area is 128 Å². The van der Waals surface area contributed by atoms with Crippen molar-refractivity contribution in [3.05, 3.63) is 41.5 Å². The quantitative estimate of drug-likeness (QED) is 0.819. The van der Waals surface area contributed by atoms with Crippen LogP contribution >= 0.6 is 0 Å². The van der Waals surface area contributed by atoms with Crippen LogP contribution in [-0.2, 0) is 6.18 Å². The lowest BCUT2D eigenvalue weighted by Crippen LogP contribution is -2.43. The average Bonchev–Trinajstić information content (AvgIpc) is 2.84. The van der Waals surface area contributed by atoms with Gasteiger partial charge in [0.25, 0.3) is 5.91 Å². The first-order valence-corrected chi connectivity index (χ1v) is 6.71. The molecule has 1 amide bonds. The Hall–Kier alpha value is -2.58. The topological polar surface area (TPSA) is 64.2 Å². The lowest BCUT2D eigenvalue weighted by atomic mass is 10.1. The molecule has 122 valence electrons. The highest BCUT2D eigenvalue weighted by Crippen LogP contribution is 2.35. The Bertz CT molecular complexity index is 784. The van der Waals surface area contributed by atoms with Gasteiger partial charge in [0, 0.05) is 12.2 Å². The van der Waals surface area contributed by atoms with Crippen molar-refractivity contribution >= 4 is 17.3 Å². The SMILES string of the molecule is C[C@H]1CN(c2ccc(C(F)(F)F)c(F)c2)C(=O)c2c(N)cnn21. The molecule has 9 heteroatoms. The number of nitrogen functional groups attached to an aromatic ring is 1. The van der Waals surface area contributed by atoms with Crippen molar-refractivity contribution in [3.63, 3.8) is 0 Å². The van der Waals surface area contributed by atoms with Crippen LogP contribution in [0.25, 0.3) is 0 Å². The van der Waals surface area contributed by atoms with E-state index in [-0.39, 0.29) is 29.7 Å². The molecule has 3 rings (SSSR count). The number of nitrogens with zero attached hydrogens (tertiary/aromatic N) is 3. The second-order valence-corrected chi connectivity index (χ2v) is 5.32. The van der Waals surface area contributed by atoms with Gasteiger partial charge in [-0.3, -0.25) is 9.48 Å². The number of hydrogen-bond donors (Lipinski definition) is 1. The fourth-order valence-corrected chi connectivity index (χ4v) is 2.61. The number of nitrogens with two attached hydrogens (primary N) is 1. The molecule has 0 saturated carbocycles. The third-order valence-electron chi connectivity index (χ3n) is 3.71. The van der Waals surface area contributed by atoms with Crippen LogP contribution < -0.4 is 10.6 Å². The number of alkyl halides is 3. The molecule has 1 atom stereocenters. The van der Waals surface area contributed by atoms with Gasteiger partial charge in [-0.15, -0.1) is 0 Å². The molecule has 2 heterocycles. The highest BCUT2D eigenvalue weighted by molar-refractivity contribution is 6.08. The zero-order chi connectivity index (χ0) is 16.9. The van der Waals surface area contributed by atoms with Crippen LogP contribution in [0.1, 0.15) is 29.0 Å². The van der Waals surface area contributed by atoms with Crippen LogP contribution in [0.4, 0.5) is 28.9 Å². The Balaban J connectivity index is 2.02. The summed E-state index contributed by atoms with van der Waals surface area (Å²) in [7, 11) is 0. The van der Waals surface area contributed by atoms with Gasteiger partial charge >= 0.3 is 6.18 Å². The van der Waals surface area contributed by atoms with Crippen LogP contribution in [0.3, 0.4) is 0 Å². The van der Waals surface area contributed by atoms with E-state index in [0.717, 1.165) is 6.07 Å². The number of amides is 1. The van der Waals surface area contributed by atoms with E-state index in [2.05, 4.69) is 5.10 Å². The summed E-state index contributed by atoms with van der Waals surface area (Å²) in [5.41, 5.74) is 4.69. The Morgan fingerprint density at radius 2 is 2.04 bits per heavy atom. The van der Waals surface area contributed by atoms with Crippen LogP contribution in [0.15, 0.2) is 24.4 Å². The highest BCUT2D eigenvalue weighted by Gasteiger charge is 2.36. The molecule has 23 heavy (non-hydrogen) atoms. The molecule has 5 nitrogen and oxygen atoms in total. The number of carbonyl (C=O) groups excluding carboxylic acids is 1. The summed E-state index contributed by atoms with van der Waals surface area (Å²) in [6.07, 6.45) is -3.45. The average molecular weight is 328 g/mol. The lowest BCUT2D eigenvalue weighted by molar-refractivity contribution is -0.139. The van der Waals surface area contributed by atoms with E-state index in [1.54, 1.807) is 6.92 Å². The molecule has 0 aliphatic carbocycles. The monoisotopic (exact) mass is 328 g/mol. The van der Waals surface area contributed by atoms with Crippen molar-refractivity contribution in [2.45, 2.75) is 19.1 Å². The maximum Gasteiger partial charge on any atom is 0.419 e. The molecule has 1 aromatic carbocycles. The predicted octanol–water partition coefficient (Wildman–Crippen LogP) is 2.84. The molecule has 0 unspecified atom stereocenters. The molecule has 2 aromatic rings. The summed E-state index contributed by atoms with van der Waals surface area (Å²) in [5, 5.41) is 4.00. The fourth-order valence-electron chi connectivity index (χ4n) is 2.61. The number of anilines is 2. The van der Waals surface area contributed by atoms with Crippen molar-refractivity contribution in [1.29, 1.82) is 0 Å². The summed E-state index contributed by atoms with van der Waals surface area (Å²) in [4.78, 5) is 13.7.